The summed E-state index contributed by atoms with van der Waals surface area (Å²) in [6.07, 6.45) is 28.5. The van der Waals surface area contributed by atoms with Crippen molar-refractivity contribution in [2.75, 3.05) is 13.2 Å². The predicted molar refractivity (Wildman–Crippen MR) is 108 cm³/mol. The van der Waals surface area contributed by atoms with Crippen LogP contribution in [0.1, 0.15) is 26.7 Å². The van der Waals surface area contributed by atoms with Gasteiger partial charge < -0.3 is 14.2 Å². The molecule has 0 aromatic carbocycles. The third-order valence-electron chi connectivity index (χ3n) is 5.95. The average Bonchev–Trinajstić information content (AvgIpc) is 3.58. The van der Waals surface area contributed by atoms with E-state index in [-0.39, 0.29) is 35.2 Å². The van der Waals surface area contributed by atoms with Crippen molar-refractivity contribution in [3.8, 4) is 0 Å². The molecule has 0 aromatic heterocycles. The van der Waals surface area contributed by atoms with Crippen LogP contribution in [-0.2, 0) is 14.2 Å². The van der Waals surface area contributed by atoms with E-state index in [4.69, 9.17) is 14.2 Å². The standard InChI is InChI=1S/C24H30O3/c1-3-11-23(13-7-5-8-14-23)21(19-17-25-19)27-22(20-18-26-20)24(12-4-2)15-9-6-10-16-24/h3-13,15,19-22H,14,16-18H2,1-2H3. The van der Waals surface area contributed by atoms with E-state index in [1.54, 1.807) is 0 Å². The molecule has 2 fully saturated rings. The fraction of sp³-hybridized carbons (Fsp3) is 0.500. The Morgan fingerprint density at radius 1 is 0.815 bits per heavy atom. The monoisotopic (exact) mass is 366 g/mol. The minimum atomic E-state index is -0.164. The second kappa shape index (κ2) is 7.75. The fourth-order valence-electron chi connectivity index (χ4n) is 4.53. The van der Waals surface area contributed by atoms with E-state index in [1.807, 2.05) is 0 Å². The first kappa shape index (κ1) is 18.7. The van der Waals surface area contributed by atoms with E-state index in [0.29, 0.717) is 0 Å². The number of allylic oxidation sites excluding steroid dienone is 8. The van der Waals surface area contributed by atoms with Gasteiger partial charge in [-0.05, 0) is 26.7 Å². The Kier molecular flexibility index (Phi) is 5.36. The van der Waals surface area contributed by atoms with Crippen LogP contribution in [0.25, 0.3) is 0 Å². The zero-order valence-electron chi connectivity index (χ0n) is 16.3. The molecule has 0 spiro atoms. The smallest absolute Gasteiger partial charge is 0.108 e. The lowest BCUT2D eigenvalue weighted by Crippen LogP contribution is -2.48. The molecule has 144 valence electrons. The van der Waals surface area contributed by atoms with E-state index in [0.717, 1.165) is 26.1 Å². The van der Waals surface area contributed by atoms with Crippen LogP contribution in [0.4, 0.5) is 0 Å². The Morgan fingerprint density at radius 2 is 1.26 bits per heavy atom. The summed E-state index contributed by atoms with van der Waals surface area (Å²) in [5.74, 6) is 0. The Labute approximate surface area is 162 Å². The van der Waals surface area contributed by atoms with Crippen LogP contribution >= 0.6 is 0 Å². The zero-order chi connectivity index (χ0) is 18.7. The van der Waals surface area contributed by atoms with Crippen molar-refractivity contribution in [2.45, 2.75) is 51.1 Å². The summed E-state index contributed by atoms with van der Waals surface area (Å²) >= 11 is 0. The number of rotatable bonds is 8. The van der Waals surface area contributed by atoms with Crippen molar-refractivity contribution < 1.29 is 14.2 Å². The lowest BCUT2D eigenvalue weighted by Gasteiger charge is -2.43. The molecule has 2 heterocycles. The summed E-state index contributed by atoms with van der Waals surface area (Å²) in [5.41, 5.74) is -0.327. The second-order valence-electron chi connectivity index (χ2n) is 7.93. The van der Waals surface area contributed by atoms with E-state index in [9.17, 15) is 0 Å². The molecule has 4 aliphatic rings. The van der Waals surface area contributed by atoms with E-state index in [2.05, 4.69) is 86.8 Å². The molecule has 0 bridgehead atoms. The third-order valence-corrected chi connectivity index (χ3v) is 5.95. The van der Waals surface area contributed by atoms with Gasteiger partial charge in [0.15, 0.2) is 0 Å². The van der Waals surface area contributed by atoms with Crippen LogP contribution in [0.3, 0.4) is 0 Å². The third kappa shape index (κ3) is 3.82. The van der Waals surface area contributed by atoms with Gasteiger partial charge in [0.05, 0.1) is 25.4 Å². The van der Waals surface area contributed by atoms with Crippen LogP contribution in [0.15, 0.2) is 72.9 Å². The van der Waals surface area contributed by atoms with E-state index >= 15 is 0 Å². The molecule has 0 aromatic rings. The highest BCUT2D eigenvalue weighted by Gasteiger charge is 2.53. The number of ether oxygens (including phenoxy) is 3. The fourth-order valence-corrected chi connectivity index (χ4v) is 4.53. The highest BCUT2D eigenvalue weighted by molar-refractivity contribution is 5.29. The Bertz CT molecular complexity index is 645. The van der Waals surface area contributed by atoms with Gasteiger partial charge in [0.2, 0.25) is 0 Å². The number of hydrogen-bond acceptors (Lipinski definition) is 3. The van der Waals surface area contributed by atoms with Gasteiger partial charge in [0.1, 0.15) is 12.2 Å². The molecule has 0 N–H and O–H groups in total. The molecule has 3 heteroatoms. The highest BCUT2D eigenvalue weighted by Crippen LogP contribution is 2.47. The van der Waals surface area contributed by atoms with E-state index < -0.39 is 0 Å². The van der Waals surface area contributed by atoms with Gasteiger partial charge >= 0.3 is 0 Å². The Morgan fingerprint density at radius 3 is 1.56 bits per heavy atom. The first-order valence-electron chi connectivity index (χ1n) is 10.1. The molecule has 2 saturated heterocycles. The minimum absolute atomic E-state index is 0.0227. The normalized spacial score (nSPS) is 39.3. The van der Waals surface area contributed by atoms with Gasteiger partial charge in [-0.1, -0.05) is 72.9 Å². The summed E-state index contributed by atoms with van der Waals surface area (Å²) in [6, 6.07) is 0. The zero-order valence-corrected chi connectivity index (χ0v) is 16.3. The first-order valence-corrected chi connectivity index (χ1v) is 10.1. The van der Waals surface area contributed by atoms with Gasteiger partial charge in [-0.2, -0.15) is 0 Å². The van der Waals surface area contributed by atoms with E-state index in [1.165, 1.54) is 0 Å². The minimum Gasteiger partial charge on any atom is -0.370 e. The first-order chi connectivity index (χ1) is 13.2. The van der Waals surface area contributed by atoms with Crippen LogP contribution in [0, 0.1) is 10.8 Å². The molecule has 0 saturated carbocycles. The van der Waals surface area contributed by atoms with Gasteiger partial charge in [0, 0.05) is 10.8 Å². The highest BCUT2D eigenvalue weighted by atomic mass is 16.6. The van der Waals surface area contributed by atoms with Crippen molar-refractivity contribution in [3.63, 3.8) is 0 Å². The van der Waals surface area contributed by atoms with Crippen molar-refractivity contribution in [1.82, 2.24) is 0 Å². The molecule has 0 radical (unpaired) electrons. The molecule has 3 nitrogen and oxygen atoms in total. The Balaban J connectivity index is 1.67. The second-order valence-corrected chi connectivity index (χ2v) is 7.93. The van der Waals surface area contributed by atoms with Crippen molar-refractivity contribution in [2.24, 2.45) is 10.8 Å². The molecular weight excluding hydrogens is 336 g/mol. The maximum absolute atomic E-state index is 6.97. The molecule has 2 aliphatic heterocycles. The molecule has 6 unspecified atom stereocenters. The van der Waals surface area contributed by atoms with Crippen molar-refractivity contribution in [1.29, 1.82) is 0 Å². The predicted octanol–water partition coefficient (Wildman–Crippen LogP) is 4.70. The van der Waals surface area contributed by atoms with Gasteiger partial charge in [-0.3, -0.25) is 0 Å². The maximum Gasteiger partial charge on any atom is 0.108 e. The summed E-state index contributed by atoms with van der Waals surface area (Å²) in [5, 5.41) is 0. The maximum atomic E-state index is 6.97. The van der Waals surface area contributed by atoms with Gasteiger partial charge in [-0.15, -0.1) is 0 Å². The Hall–Kier alpha value is -1.68. The van der Waals surface area contributed by atoms with Crippen LogP contribution in [0.2, 0.25) is 0 Å². The van der Waals surface area contributed by atoms with Gasteiger partial charge in [0.25, 0.3) is 0 Å². The SMILES string of the molecule is CC=CC1(C(OC(C2CO2)C2(C=CC)C=CC=CC2)C2CO2)C=CC=CC1. The van der Waals surface area contributed by atoms with Crippen LogP contribution in [-0.4, -0.2) is 37.6 Å². The topological polar surface area (TPSA) is 34.3 Å². The van der Waals surface area contributed by atoms with Crippen LogP contribution < -0.4 is 0 Å². The number of epoxide rings is 2. The molecule has 4 rings (SSSR count). The summed E-state index contributed by atoms with van der Waals surface area (Å²) in [6.45, 7) is 5.70. The lowest BCUT2D eigenvalue weighted by molar-refractivity contribution is -0.105. The summed E-state index contributed by atoms with van der Waals surface area (Å²) in [4.78, 5) is 0. The molecular formula is C24H30O3. The molecule has 0 amide bonds. The molecule has 27 heavy (non-hydrogen) atoms. The van der Waals surface area contributed by atoms with Gasteiger partial charge in [-0.25, -0.2) is 0 Å². The van der Waals surface area contributed by atoms with Crippen molar-refractivity contribution in [3.05, 3.63) is 72.9 Å². The number of hydrogen-bond donors (Lipinski definition) is 0. The largest absolute Gasteiger partial charge is 0.370 e. The average molecular weight is 367 g/mol. The van der Waals surface area contributed by atoms with Crippen molar-refractivity contribution >= 4 is 0 Å². The lowest BCUT2D eigenvalue weighted by atomic mass is 9.72. The molecule has 2 aliphatic carbocycles. The quantitative estimate of drug-likeness (QED) is 0.461. The van der Waals surface area contributed by atoms with Crippen LogP contribution in [0.5, 0.6) is 0 Å². The summed E-state index contributed by atoms with van der Waals surface area (Å²) < 4.78 is 18.5. The molecule has 6 atom stereocenters. The summed E-state index contributed by atoms with van der Waals surface area (Å²) in [7, 11) is 0.